The largest absolute Gasteiger partial charge is 0.285 e. The molecule has 37 heavy (non-hydrogen) atoms. The summed E-state index contributed by atoms with van der Waals surface area (Å²) in [7, 11) is -4.34. The lowest BCUT2D eigenvalue weighted by Crippen LogP contribution is -2.20. The molecule has 0 aliphatic carbocycles. The maximum Gasteiger partial charge on any atom is 0.270 e. The number of hydrazone groups is 1. The van der Waals surface area contributed by atoms with Crippen molar-refractivity contribution >= 4 is 50.2 Å². The van der Waals surface area contributed by atoms with Gasteiger partial charge in [-0.3, -0.25) is 35.0 Å². The summed E-state index contributed by atoms with van der Waals surface area (Å²) in [6.07, 6.45) is 2.91. The number of hydrogen-bond donors (Lipinski definition) is 2. The van der Waals surface area contributed by atoms with Gasteiger partial charge in [-0.2, -0.15) is 5.10 Å². The highest BCUT2D eigenvalue weighted by atomic mass is 35.5. The van der Waals surface area contributed by atoms with E-state index >= 15 is 0 Å². The minimum absolute atomic E-state index is 0.0923. The van der Waals surface area contributed by atoms with E-state index in [2.05, 4.69) is 25.2 Å². The molecule has 2 heterocycles. The Balaban J connectivity index is 1.77. The Morgan fingerprint density at radius 1 is 0.919 bits per heavy atom. The van der Waals surface area contributed by atoms with Gasteiger partial charge in [0.05, 0.1) is 16.3 Å². The highest BCUT2D eigenvalue weighted by molar-refractivity contribution is 7.92. The summed E-state index contributed by atoms with van der Waals surface area (Å²) in [5.74, 6) is -0.572. The first-order valence-electron chi connectivity index (χ1n) is 10.5. The molecule has 2 aromatic heterocycles. The van der Waals surface area contributed by atoms with Gasteiger partial charge in [-0.25, -0.2) is 8.42 Å². The van der Waals surface area contributed by atoms with Crippen molar-refractivity contribution in [1.82, 2.24) is 9.97 Å². The van der Waals surface area contributed by atoms with E-state index < -0.39 is 31.3 Å². The van der Waals surface area contributed by atoms with Crippen molar-refractivity contribution in [3.8, 4) is 0 Å². The third-order valence-corrected chi connectivity index (χ3v) is 6.54. The van der Waals surface area contributed by atoms with Gasteiger partial charge in [0.2, 0.25) is 5.78 Å². The fraction of sp³-hybridized carbons (Fsp3) is 0. The van der Waals surface area contributed by atoms with Crippen LogP contribution in [-0.4, -0.2) is 34.8 Å². The van der Waals surface area contributed by atoms with Crippen LogP contribution in [0, 0.1) is 10.1 Å². The molecule has 13 heteroatoms. The standard InChI is InChI=1S/C24H17ClN6O5S/c25-16-7-9-17(10-8-16)30-37(35,36)22-15-18(31(33)34)11-12-19(22)28-29-23(20-5-1-3-13-26-20)24(32)21-6-2-4-14-27-21/h1-15,28,30H/b29-23-. The number of non-ortho nitro benzene ring substituents is 1. The molecule has 0 saturated carbocycles. The van der Waals surface area contributed by atoms with Gasteiger partial charge >= 0.3 is 0 Å². The third-order valence-electron chi connectivity index (χ3n) is 4.87. The Bertz CT molecular complexity index is 1580. The molecule has 186 valence electrons. The van der Waals surface area contributed by atoms with Crippen LogP contribution in [-0.2, 0) is 10.0 Å². The van der Waals surface area contributed by atoms with E-state index in [1.807, 2.05) is 0 Å². The Labute approximate surface area is 216 Å². The van der Waals surface area contributed by atoms with Crippen molar-refractivity contribution in [2.75, 3.05) is 10.1 Å². The molecule has 2 N–H and O–H groups in total. The molecule has 0 radical (unpaired) electrons. The van der Waals surface area contributed by atoms with E-state index in [4.69, 9.17) is 11.6 Å². The van der Waals surface area contributed by atoms with E-state index in [1.54, 1.807) is 30.3 Å². The van der Waals surface area contributed by atoms with Gasteiger partial charge in [-0.05, 0) is 54.6 Å². The summed E-state index contributed by atoms with van der Waals surface area (Å²) >= 11 is 5.86. The Kier molecular flexibility index (Phi) is 7.51. The zero-order valence-electron chi connectivity index (χ0n) is 18.8. The normalized spacial score (nSPS) is 11.5. The number of anilines is 2. The number of nitro benzene ring substituents is 1. The van der Waals surface area contributed by atoms with E-state index in [0.717, 1.165) is 12.1 Å². The minimum Gasteiger partial charge on any atom is -0.285 e. The molecular weight excluding hydrogens is 520 g/mol. The predicted molar refractivity (Wildman–Crippen MR) is 138 cm³/mol. The highest BCUT2D eigenvalue weighted by Crippen LogP contribution is 2.29. The van der Waals surface area contributed by atoms with Gasteiger partial charge < -0.3 is 0 Å². The summed E-state index contributed by atoms with van der Waals surface area (Å²) in [6.45, 7) is 0. The predicted octanol–water partition coefficient (Wildman–Crippen LogP) is 4.54. The van der Waals surface area contributed by atoms with Crippen LogP contribution in [0.25, 0.3) is 0 Å². The number of nitrogens with one attached hydrogen (secondary N) is 2. The lowest BCUT2D eigenvalue weighted by atomic mass is 10.1. The van der Waals surface area contributed by atoms with Gasteiger partial charge in [0.1, 0.15) is 10.6 Å². The molecule has 0 unspecified atom stereocenters. The zero-order valence-corrected chi connectivity index (χ0v) is 20.3. The lowest BCUT2D eigenvalue weighted by Gasteiger charge is -2.13. The summed E-state index contributed by atoms with van der Waals surface area (Å²) in [6, 6.07) is 18.7. The number of aromatic nitrogens is 2. The van der Waals surface area contributed by atoms with E-state index in [0.29, 0.717) is 5.02 Å². The van der Waals surface area contributed by atoms with E-state index in [-0.39, 0.29) is 28.5 Å². The first kappa shape index (κ1) is 25.4. The number of halogens is 1. The fourth-order valence-electron chi connectivity index (χ4n) is 3.13. The number of nitrogens with zero attached hydrogens (tertiary/aromatic N) is 4. The van der Waals surface area contributed by atoms with Crippen LogP contribution >= 0.6 is 11.6 Å². The topological polar surface area (TPSA) is 157 Å². The summed E-state index contributed by atoms with van der Waals surface area (Å²) in [5.41, 5.74) is 2.33. The van der Waals surface area contributed by atoms with Crippen molar-refractivity contribution in [1.29, 1.82) is 0 Å². The van der Waals surface area contributed by atoms with Gasteiger partial charge in [-0.1, -0.05) is 23.7 Å². The third kappa shape index (κ3) is 6.12. The fourth-order valence-corrected chi connectivity index (χ4v) is 4.49. The highest BCUT2D eigenvalue weighted by Gasteiger charge is 2.24. The molecule has 0 saturated heterocycles. The Morgan fingerprint density at radius 2 is 1.57 bits per heavy atom. The number of Topliss-reactive ketones (excluding diaryl/α,β-unsaturated/α-hetero) is 1. The smallest absolute Gasteiger partial charge is 0.270 e. The molecule has 11 nitrogen and oxygen atoms in total. The first-order chi connectivity index (χ1) is 17.7. The van der Waals surface area contributed by atoms with Crippen LogP contribution in [0.2, 0.25) is 5.02 Å². The second-order valence-corrected chi connectivity index (χ2v) is 9.47. The number of ketones is 1. The molecule has 0 spiro atoms. The van der Waals surface area contributed by atoms with Gasteiger partial charge in [-0.15, -0.1) is 0 Å². The molecule has 0 aliphatic heterocycles. The van der Waals surface area contributed by atoms with Crippen molar-refractivity contribution < 1.29 is 18.1 Å². The van der Waals surface area contributed by atoms with E-state index in [1.165, 1.54) is 48.8 Å². The van der Waals surface area contributed by atoms with Crippen LogP contribution in [0.3, 0.4) is 0 Å². The van der Waals surface area contributed by atoms with Crippen LogP contribution in [0.15, 0.2) is 101 Å². The van der Waals surface area contributed by atoms with Crippen LogP contribution in [0.5, 0.6) is 0 Å². The monoisotopic (exact) mass is 536 g/mol. The molecular formula is C24H17ClN6O5S. The maximum atomic E-state index is 13.2. The average Bonchev–Trinajstić information content (AvgIpc) is 2.91. The molecule has 0 amide bonds. The lowest BCUT2D eigenvalue weighted by molar-refractivity contribution is -0.385. The summed E-state index contributed by atoms with van der Waals surface area (Å²) < 4.78 is 28.8. The van der Waals surface area contributed by atoms with Gasteiger partial charge in [0.25, 0.3) is 15.7 Å². The minimum atomic E-state index is -4.34. The van der Waals surface area contributed by atoms with Gasteiger partial charge in [0.15, 0.2) is 5.71 Å². The first-order valence-corrected chi connectivity index (χ1v) is 12.4. The molecule has 0 aliphatic rings. The number of rotatable bonds is 9. The molecule has 4 aromatic rings. The second kappa shape index (κ2) is 10.9. The average molecular weight is 537 g/mol. The number of pyridine rings is 2. The van der Waals surface area contributed by atoms with E-state index in [9.17, 15) is 23.3 Å². The van der Waals surface area contributed by atoms with Gasteiger partial charge in [0, 0.05) is 35.2 Å². The number of hydrogen-bond acceptors (Lipinski definition) is 9. The number of carbonyl (C=O) groups is 1. The molecule has 0 bridgehead atoms. The quantitative estimate of drug-likeness (QED) is 0.137. The van der Waals surface area contributed by atoms with Crippen molar-refractivity contribution in [2.45, 2.75) is 4.90 Å². The SMILES string of the molecule is O=C(/C(=N\Nc1ccc([N+](=O)[O-])cc1S(=O)(=O)Nc1ccc(Cl)cc1)c1ccccn1)c1ccccn1. The molecule has 4 rings (SSSR count). The van der Waals surface area contributed by atoms with Crippen LogP contribution in [0.4, 0.5) is 17.1 Å². The second-order valence-electron chi connectivity index (χ2n) is 7.38. The van der Waals surface area contributed by atoms with Crippen LogP contribution < -0.4 is 10.1 Å². The van der Waals surface area contributed by atoms with Crippen LogP contribution in [0.1, 0.15) is 16.2 Å². The number of carbonyl (C=O) groups excluding carboxylic acids is 1. The summed E-state index contributed by atoms with van der Waals surface area (Å²) in [4.78, 5) is 31.5. The molecule has 2 aromatic carbocycles. The molecule has 0 atom stereocenters. The Morgan fingerprint density at radius 3 is 2.16 bits per heavy atom. The Hall–Kier alpha value is -4.68. The van der Waals surface area contributed by atoms with Crippen molar-refractivity contribution in [3.63, 3.8) is 0 Å². The van der Waals surface area contributed by atoms with Crippen molar-refractivity contribution in [3.05, 3.63) is 118 Å². The molecule has 0 fully saturated rings. The number of sulfonamides is 1. The van der Waals surface area contributed by atoms with Crippen molar-refractivity contribution in [2.24, 2.45) is 5.10 Å². The number of nitro groups is 1. The summed E-state index contributed by atoms with van der Waals surface area (Å²) in [5, 5.41) is 15.9. The zero-order chi connectivity index (χ0) is 26.4. The maximum absolute atomic E-state index is 13.2. The number of benzene rings is 2.